The monoisotopic (exact) mass is 274 g/mol. The van der Waals surface area contributed by atoms with Gasteiger partial charge in [0.15, 0.2) is 0 Å². The number of aromatic nitrogens is 2. The predicted molar refractivity (Wildman–Crippen MR) is 59.4 cm³/mol. The smallest absolute Gasteiger partial charge is 0.490 e. The first-order valence-electron chi connectivity index (χ1n) is 4.89. The van der Waals surface area contributed by atoms with E-state index in [4.69, 9.17) is 9.90 Å². The number of alkyl halides is 3. The molecule has 0 atom stereocenters. The molecule has 1 heterocycles. The van der Waals surface area contributed by atoms with Crippen molar-refractivity contribution in [3.8, 4) is 16.9 Å². The molecule has 0 aliphatic rings. The highest BCUT2D eigenvalue weighted by Crippen LogP contribution is 2.26. The number of nitrogens with zero attached hydrogens (tertiary/aromatic N) is 1. The van der Waals surface area contributed by atoms with E-state index in [1.807, 2.05) is 12.1 Å². The number of aliphatic carboxylic acids is 1. The number of hydrogen-bond donors (Lipinski definition) is 3. The van der Waals surface area contributed by atoms with Crippen molar-refractivity contribution in [2.45, 2.75) is 6.18 Å². The number of phenolic OH excluding ortho intramolecular Hbond substituents is 1. The molecule has 1 aromatic carbocycles. The quantitative estimate of drug-likeness (QED) is 0.745. The van der Waals surface area contributed by atoms with Crippen LogP contribution in [0.25, 0.3) is 11.1 Å². The number of carbonyl (C=O) groups is 1. The second-order valence-corrected chi connectivity index (χ2v) is 3.31. The number of aromatic hydroxyl groups is 1. The number of para-hydroxylation sites is 1. The molecular formula is C11H9F3N2O3. The van der Waals surface area contributed by atoms with Gasteiger partial charge in [-0.2, -0.15) is 18.3 Å². The summed E-state index contributed by atoms with van der Waals surface area (Å²) in [5.41, 5.74) is 1.69. The number of carboxylic acid groups (broad SMARTS) is 1. The Balaban J connectivity index is 0.000000224. The molecular weight excluding hydrogens is 265 g/mol. The van der Waals surface area contributed by atoms with E-state index < -0.39 is 12.1 Å². The van der Waals surface area contributed by atoms with Gasteiger partial charge in [0.05, 0.1) is 6.20 Å². The Labute approximate surface area is 105 Å². The van der Waals surface area contributed by atoms with Crippen molar-refractivity contribution in [1.82, 2.24) is 10.2 Å². The van der Waals surface area contributed by atoms with Crippen LogP contribution in [0.15, 0.2) is 36.7 Å². The summed E-state index contributed by atoms with van der Waals surface area (Å²) in [4.78, 5) is 8.90. The fraction of sp³-hybridized carbons (Fsp3) is 0.0909. The lowest BCUT2D eigenvalue weighted by atomic mass is 10.1. The van der Waals surface area contributed by atoms with E-state index in [1.54, 1.807) is 24.5 Å². The maximum Gasteiger partial charge on any atom is 0.490 e. The molecule has 0 spiro atoms. The minimum atomic E-state index is -5.08. The molecule has 102 valence electrons. The molecule has 0 saturated heterocycles. The van der Waals surface area contributed by atoms with Crippen LogP contribution in [0.3, 0.4) is 0 Å². The van der Waals surface area contributed by atoms with Crippen molar-refractivity contribution in [3.05, 3.63) is 36.7 Å². The van der Waals surface area contributed by atoms with Gasteiger partial charge >= 0.3 is 12.1 Å². The Kier molecular flexibility index (Phi) is 4.51. The second-order valence-electron chi connectivity index (χ2n) is 3.31. The van der Waals surface area contributed by atoms with Gasteiger partial charge in [0.1, 0.15) is 5.75 Å². The van der Waals surface area contributed by atoms with Crippen LogP contribution in [0, 0.1) is 0 Å². The van der Waals surface area contributed by atoms with Crippen molar-refractivity contribution in [2.24, 2.45) is 0 Å². The first-order chi connectivity index (χ1) is 8.82. The summed E-state index contributed by atoms with van der Waals surface area (Å²) in [7, 11) is 0. The van der Waals surface area contributed by atoms with Crippen molar-refractivity contribution in [3.63, 3.8) is 0 Å². The Hall–Kier alpha value is -2.51. The van der Waals surface area contributed by atoms with Crippen LogP contribution in [0.5, 0.6) is 5.75 Å². The molecule has 2 rings (SSSR count). The zero-order chi connectivity index (χ0) is 14.5. The number of nitrogens with one attached hydrogen (secondary N) is 1. The van der Waals surface area contributed by atoms with E-state index in [1.165, 1.54) is 0 Å². The molecule has 8 heteroatoms. The molecule has 19 heavy (non-hydrogen) atoms. The van der Waals surface area contributed by atoms with Crippen molar-refractivity contribution in [1.29, 1.82) is 0 Å². The Morgan fingerprint density at radius 3 is 2.26 bits per heavy atom. The Morgan fingerprint density at radius 2 is 1.84 bits per heavy atom. The number of phenols is 1. The van der Waals surface area contributed by atoms with Gasteiger partial charge in [-0.25, -0.2) is 4.79 Å². The number of rotatable bonds is 1. The maximum atomic E-state index is 10.6. The second kappa shape index (κ2) is 5.89. The molecule has 5 nitrogen and oxygen atoms in total. The summed E-state index contributed by atoms with van der Waals surface area (Å²) in [6, 6.07) is 7.17. The van der Waals surface area contributed by atoms with Crippen LogP contribution in [-0.2, 0) is 4.79 Å². The lowest BCUT2D eigenvalue weighted by Crippen LogP contribution is -2.21. The van der Waals surface area contributed by atoms with Crippen molar-refractivity contribution in [2.75, 3.05) is 0 Å². The van der Waals surface area contributed by atoms with Crippen LogP contribution in [-0.4, -0.2) is 32.6 Å². The molecule has 0 bridgehead atoms. The summed E-state index contributed by atoms with van der Waals surface area (Å²) in [6.07, 6.45) is -1.66. The summed E-state index contributed by atoms with van der Waals surface area (Å²) >= 11 is 0. The number of benzene rings is 1. The molecule has 3 N–H and O–H groups in total. The van der Waals surface area contributed by atoms with Gasteiger partial charge in [0.25, 0.3) is 0 Å². The first kappa shape index (κ1) is 14.6. The van der Waals surface area contributed by atoms with Gasteiger partial charge in [-0.15, -0.1) is 0 Å². The molecule has 0 fully saturated rings. The van der Waals surface area contributed by atoms with E-state index >= 15 is 0 Å². The summed E-state index contributed by atoms with van der Waals surface area (Å²) in [5.74, 6) is -2.48. The molecule has 0 amide bonds. The van der Waals surface area contributed by atoms with Gasteiger partial charge in [0, 0.05) is 17.3 Å². The van der Waals surface area contributed by atoms with Gasteiger partial charge in [-0.1, -0.05) is 18.2 Å². The third-order valence-corrected chi connectivity index (χ3v) is 1.96. The third kappa shape index (κ3) is 4.34. The lowest BCUT2D eigenvalue weighted by Gasteiger charge is -1.98. The maximum absolute atomic E-state index is 10.6. The SMILES string of the molecule is O=C(O)C(F)(F)F.Oc1ccccc1-c1cn[nH]c1. The topological polar surface area (TPSA) is 86.2 Å². The molecule has 0 unspecified atom stereocenters. The molecule has 2 aromatic rings. The molecule has 1 aromatic heterocycles. The fourth-order valence-electron chi connectivity index (χ4n) is 1.12. The molecule has 0 aliphatic carbocycles. The van der Waals surface area contributed by atoms with Gasteiger partial charge in [0.2, 0.25) is 0 Å². The summed E-state index contributed by atoms with van der Waals surface area (Å²) < 4.78 is 31.7. The fourth-order valence-corrected chi connectivity index (χ4v) is 1.12. The van der Waals surface area contributed by atoms with E-state index in [0.29, 0.717) is 0 Å². The first-order valence-corrected chi connectivity index (χ1v) is 4.89. The standard InChI is InChI=1S/C9H8N2O.C2HF3O2/c12-9-4-2-1-3-8(9)7-5-10-11-6-7;3-2(4,5)1(6)7/h1-6,12H,(H,10,11);(H,6,7). The highest BCUT2D eigenvalue weighted by atomic mass is 19.4. The minimum absolute atomic E-state index is 0.277. The van der Waals surface area contributed by atoms with Gasteiger partial charge < -0.3 is 10.2 Å². The average Bonchev–Trinajstić information content (AvgIpc) is 2.82. The Bertz CT molecular complexity index is 538. The van der Waals surface area contributed by atoms with Crippen LogP contribution in [0.2, 0.25) is 0 Å². The highest BCUT2D eigenvalue weighted by molar-refractivity contribution is 5.73. The normalized spacial score (nSPS) is 10.5. The van der Waals surface area contributed by atoms with E-state index in [-0.39, 0.29) is 5.75 Å². The average molecular weight is 274 g/mol. The molecule has 0 saturated carbocycles. The van der Waals surface area contributed by atoms with E-state index in [9.17, 15) is 18.3 Å². The number of carboxylic acids is 1. The minimum Gasteiger partial charge on any atom is -0.507 e. The number of H-pyrrole nitrogens is 1. The van der Waals surface area contributed by atoms with Crippen molar-refractivity contribution >= 4 is 5.97 Å². The predicted octanol–water partition coefficient (Wildman–Crippen LogP) is 2.42. The summed E-state index contributed by atoms with van der Waals surface area (Å²) in [6.45, 7) is 0. The largest absolute Gasteiger partial charge is 0.507 e. The van der Waals surface area contributed by atoms with E-state index in [2.05, 4.69) is 10.2 Å². The van der Waals surface area contributed by atoms with Crippen LogP contribution >= 0.6 is 0 Å². The van der Waals surface area contributed by atoms with Crippen LogP contribution in [0.4, 0.5) is 13.2 Å². The van der Waals surface area contributed by atoms with Gasteiger partial charge in [-0.05, 0) is 6.07 Å². The van der Waals surface area contributed by atoms with Crippen LogP contribution < -0.4 is 0 Å². The highest BCUT2D eigenvalue weighted by Gasteiger charge is 2.38. The number of halogens is 3. The Morgan fingerprint density at radius 1 is 1.26 bits per heavy atom. The zero-order valence-electron chi connectivity index (χ0n) is 9.35. The van der Waals surface area contributed by atoms with E-state index in [0.717, 1.165) is 11.1 Å². The van der Waals surface area contributed by atoms with Crippen LogP contribution in [0.1, 0.15) is 0 Å². The third-order valence-electron chi connectivity index (χ3n) is 1.96. The number of hydrogen-bond acceptors (Lipinski definition) is 3. The van der Waals surface area contributed by atoms with Gasteiger partial charge in [-0.3, -0.25) is 5.10 Å². The van der Waals surface area contributed by atoms with Crippen molar-refractivity contribution < 1.29 is 28.2 Å². The zero-order valence-corrected chi connectivity index (χ0v) is 9.35. The molecule has 0 aliphatic heterocycles. The summed E-state index contributed by atoms with van der Waals surface area (Å²) in [5, 5.41) is 23.1. The molecule has 0 radical (unpaired) electrons. The number of aromatic amines is 1. The lowest BCUT2D eigenvalue weighted by molar-refractivity contribution is -0.192.